The minimum atomic E-state index is -0.529. The molecule has 176 valence electrons. The summed E-state index contributed by atoms with van der Waals surface area (Å²) in [6.45, 7) is 4.17. The Hall–Kier alpha value is -3.66. The molecule has 2 amide bonds. The Balaban J connectivity index is 1.86. The number of nitrogens with one attached hydrogen (secondary N) is 1. The van der Waals surface area contributed by atoms with Crippen LogP contribution in [0.4, 0.5) is 17.1 Å². The van der Waals surface area contributed by atoms with E-state index in [-0.39, 0.29) is 23.7 Å². The Kier molecular flexibility index (Phi) is 8.20. The van der Waals surface area contributed by atoms with Crippen LogP contribution >= 0.6 is 0 Å². The average Bonchev–Trinajstić information content (AvgIpc) is 2.83. The topological polar surface area (TPSA) is 114 Å². The first-order valence-corrected chi connectivity index (χ1v) is 10.8. The van der Waals surface area contributed by atoms with Crippen LogP contribution in [0.1, 0.15) is 23.7 Å². The van der Waals surface area contributed by atoms with Crippen molar-refractivity contribution in [3.05, 3.63) is 58.1 Å². The van der Waals surface area contributed by atoms with Crippen molar-refractivity contribution in [2.24, 2.45) is 0 Å². The summed E-state index contributed by atoms with van der Waals surface area (Å²) in [7, 11) is 1.51. The molecule has 0 atom stereocenters. The first-order chi connectivity index (χ1) is 15.9. The highest BCUT2D eigenvalue weighted by Crippen LogP contribution is 2.28. The van der Waals surface area contributed by atoms with Gasteiger partial charge in [-0.25, -0.2) is 0 Å². The number of benzene rings is 2. The van der Waals surface area contributed by atoms with E-state index in [0.29, 0.717) is 56.4 Å². The van der Waals surface area contributed by atoms with Crippen molar-refractivity contribution in [3.8, 4) is 5.75 Å². The molecule has 33 heavy (non-hydrogen) atoms. The summed E-state index contributed by atoms with van der Waals surface area (Å²) in [5, 5.41) is 14.1. The van der Waals surface area contributed by atoms with Gasteiger partial charge in [0.15, 0.2) is 0 Å². The van der Waals surface area contributed by atoms with Gasteiger partial charge < -0.3 is 24.6 Å². The molecular formula is C23H28N4O6. The molecule has 0 bridgehead atoms. The van der Waals surface area contributed by atoms with Crippen LogP contribution in [0.2, 0.25) is 0 Å². The van der Waals surface area contributed by atoms with E-state index in [9.17, 15) is 19.7 Å². The average molecular weight is 456 g/mol. The molecule has 1 heterocycles. The standard InChI is InChI=1S/C23H28N4O6/c1-3-10-26(16-22(28)24-19-6-4-5-7-21(19)32-2)23(29)18-15-17(27(30)31)8-9-20(18)25-11-13-33-14-12-25/h4-9,15H,3,10-14,16H2,1-2H3,(H,24,28). The number of anilines is 2. The number of hydrogen-bond acceptors (Lipinski definition) is 7. The third kappa shape index (κ3) is 5.98. The number of rotatable bonds is 9. The minimum absolute atomic E-state index is 0.176. The second-order valence-corrected chi connectivity index (χ2v) is 7.53. The van der Waals surface area contributed by atoms with Gasteiger partial charge in [0, 0.05) is 31.8 Å². The molecule has 0 radical (unpaired) electrons. The molecule has 1 aliphatic rings. The molecule has 2 aromatic carbocycles. The molecule has 0 aliphatic carbocycles. The van der Waals surface area contributed by atoms with Gasteiger partial charge in [0.2, 0.25) is 5.91 Å². The largest absolute Gasteiger partial charge is 0.495 e. The van der Waals surface area contributed by atoms with Crippen LogP contribution in [0.5, 0.6) is 5.75 Å². The molecule has 1 N–H and O–H groups in total. The van der Waals surface area contributed by atoms with Gasteiger partial charge in [-0.3, -0.25) is 19.7 Å². The van der Waals surface area contributed by atoms with Gasteiger partial charge >= 0.3 is 0 Å². The van der Waals surface area contributed by atoms with Crippen LogP contribution in [-0.4, -0.2) is 68.1 Å². The lowest BCUT2D eigenvalue weighted by molar-refractivity contribution is -0.384. The molecule has 1 aliphatic heterocycles. The Morgan fingerprint density at radius 1 is 1.21 bits per heavy atom. The predicted octanol–water partition coefficient (Wildman–Crippen LogP) is 2.93. The number of nitrogens with zero attached hydrogens (tertiary/aromatic N) is 3. The van der Waals surface area contributed by atoms with E-state index >= 15 is 0 Å². The highest BCUT2D eigenvalue weighted by Gasteiger charge is 2.26. The number of nitro benzene ring substituents is 1. The summed E-state index contributed by atoms with van der Waals surface area (Å²) in [5.41, 5.74) is 1.12. The summed E-state index contributed by atoms with van der Waals surface area (Å²) in [6, 6.07) is 11.3. The lowest BCUT2D eigenvalue weighted by Crippen LogP contribution is -2.41. The highest BCUT2D eigenvalue weighted by atomic mass is 16.6. The van der Waals surface area contributed by atoms with E-state index in [4.69, 9.17) is 9.47 Å². The first-order valence-electron chi connectivity index (χ1n) is 10.8. The zero-order valence-electron chi connectivity index (χ0n) is 18.8. The van der Waals surface area contributed by atoms with Crippen LogP contribution < -0.4 is 15.0 Å². The number of ether oxygens (including phenoxy) is 2. The van der Waals surface area contributed by atoms with Crippen LogP contribution in [-0.2, 0) is 9.53 Å². The van der Waals surface area contributed by atoms with Crippen molar-refractivity contribution in [2.75, 3.05) is 56.7 Å². The van der Waals surface area contributed by atoms with Gasteiger partial charge in [0.25, 0.3) is 11.6 Å². The van der Waals surface area contributed by atoms with Crippen LogP contribution in [0.25, 0.3) is 0 Å². The number of morpholine rings is 1. The zero-order chi connectivity index (χ0) is 23.8. The molecule has 10 heteroatoms. The smallest absolute Gasteiger partial charge is 0.270 e. The molecule has 0 saturated carbocycles. The van der Waals surface area contributed by atoms with Crippen molar-refractivity contribution in [1.82, 2.24) is 4.90 Å². The Morgan fingerprint density at radius 2 is 1.94 bits per heavy atom. The SMILES string of the molecule is CCCN(CC(=O)Nc1ccccc1OC)C(=O)c1cc([N+](=O)[O-])ccc1N1CCOCC1. The summed E-state index contributed by atoms with van der Waals surface area (Å²) < 4.78 is 10.6. The van der Waals surface area contributed by atoms with E-state index in [0.717, 1.165) is 0 Å². The van der Waals surface area contributed by atoms with Crippen molar-refractivity contribution in [2.45, 2.75) is 13.3 Å². The van der Waals surface area contributed by atoms with Crippen molar-refractivity contribution < 1.29 is 24.0 Å². The number of carbonyl (C=O) groups is 2. The molecule has 1 saturated heterocycles. The number of non-ortho nitro benzene ring substituents is 1. The van der Waals surface area contributed by atoms with E-state index in [1.165, 1.54) is 24.1 Å². The van der Waals surface area contributed by atoms with Gasteiger partial charge in [-0.1, -0.05) is 19.1 Å². The fourth-order valence-corrected chi connectivity index (χ4v) is 3.69. The molecular weight excluding hydrogens is 428 g/mol. The summed E-state index contributed by atoms with van der Waals surface area (Å²) in [6.07, 6.45) is 0.621. The molecule has 3 rings (SSSR count). The van der Waals surface area contributed by atoms with Crippen molar-refractivity contribution in [3.63, 3.8) is 0 Å². The normalized spacial score (nSPS) is 13.3. The maximum Gasteiger partial charge on any atom is 0.270 e. The number of methoxy groups -OCH3 is 1. The Labute approximate surface area is 192 Å². The molecule has 0 aromatic heterocycles. The second kappa shape index (κ2) is 11.3. The number of amides is 2. The van der Waals surface area contributed by atoms with E-state index in [1.807, 2.05) is 11.8 Å². The first kappa shape index (κ1) is 24.0. The van der Waals surface area contributed by atoms with Crippen LogP contribution in [0.15, 0.2) is 42.5 Å². The Bertz CT molecular complexity index is 1010. The molecule has 0 spiro atoms. The van der Waals surface area contributed by atoms with Gasteiger partial charge in [-0.05, 0) is 24.6 Å². The molecule has 0 unspecified atom stereocenters. The van der Waals surface area contributed by atoms with Crippen LogP contribution in [0.3, 0.4) is 0 Å². The van der Waals surface area contributed by atoms with Crippen molar-refractivity contribution >= 4 is 28.9 Å². The highest BCUT2D eigenvalue weighted by molar-refractivity contribution is 6.03. The van der Waals surface area contributed by atoms with E-state index < -0.39 is 10.8 Å². The molecule has 1 fully saturated rings. The summed E-state index contributed by atoms with van der Waals surface area (Å²) in [4.78, 5) is 40.5. The van der Waals surface area contributed by atoms with Crippen LogP contribution in [0, 0.1) is 10.1 Å². The monoisotopic (exact) mass is 456 g/mol. The quantitative estimate of drug-likeness (QED) is 0.456. The fraction of sp³-hybridized carbons (Fsp3) is 0.391. The predicted molar refractivity (Wildman–Crippen MR) is 124 cm³/mol. The summed E-state index contributed by atoms with van der Waals surface area (Å²) in [5.74, 6) is -0.315. The number of hydrogen-bond donors (Lipinski definition) is 1. The number of nitro groups is 1. The fourth-order valence-electron chi connectivity index (χ4n) is 3.69. The van der Waals surface area contributed by atoms with Gasteiger partial charge in [-0.2, -0.15) is 0 Å². The maximum absolute atomic E-state index is 13.5. The van der Waals surface area contributed by atoms with Gasteiger partial charge in [-0.15, -0.1) is 0 Å². The lowest BCUT2D eigenvalue weighted by Gasteiger charge is -2.31. The molecule has 10 nitrogen and oxygen atoms in total. The van der Waals surface area contributed by atoms with Gasteiger partial charge in [0.1, 0.15) is 12.3 Å². The Morgan fingerprint density at radius 3 is 2.61 bits per heavy atom. The number of carbonyl (C=O) groups excluding carboxylic acids is 2. The minimum Gasteiger partial charge on any atom is -0.495 e. The zero-order valence-corrected chi connectivity index (χ0v) is 18.8. The van der Waals surface area contributed by atoms with Crippen molar-refractivity contribution in [1.29, 1.82) is 0 Å². The lowest BCUT2D eigenvalue weighted by atomic mass is 10.1. The number of para-hydroxylation sites is 2. The molecule has 2 aromatic rings. The third-order valence-corrected chi connectivity index (χ3v) is 5.27. The van der Waals surface area contributed by atoms with E-state index in [1.54, 1.807) is 30.3 Å². The summed E-state index contributed by atoms with van der Waals surface area (Å²) >= 11 is 0. The second-order valence-electron chi connectivity index (χ2n) is 7.53. The van der Waals surface area contributed by atoms with Gasteiger partial charge in [0.05, 0.1) is 42.2 Å². The van der Waals surface area contributed by atoms with E-state index in [2.05, 4.69) is 5.32 Å². The maximum atomic E-state index is 13.5. The third-order valence-electron chi connectivity index (χ3n) is 5.27.